The van der Waals surface area contributed by atoms with Gasteiger partial charge in [-0.25, -0.2) is 4.98 Å². The molecule has 0 atom stereocenters. The van der Waals surface area contributed by atoms with Crippen molar-refractivity contribution in [3.8, 4) is 23.0 Å². The summed E-state index contributed by atoms with van der Waals surface area (Å²) in [4.78, 5) is 19.6. The first-order chi connectivity index (χ1) is 10.1. The van der Waals surface area contributed by atoms with Crippen molar-refractivity contribution in [1.82, 2.24) is 19.7 Å². The van der Waals surface area contributed by atoms with Crippen LogP contribution < -0.4 is 5.32 Å². The Hall–Kier alpha value is -2.96. The third kappa shape index (κ3) is 2.81. The summed E-state index contributed by atoms with van der Waals surface area (Å²) in [6, 6.07) is 7.21. The minimum Gasteiger partial charge on any atom is -0.340 e. The minimum absolute atomic E-state index is 0.133. The predicted molar refractivity (Wildman–Crippen MR) is 76.2 cm³/mol. The van der Waals surface area contributed by atoms with Crippen molar-refractivity contribution >= 4 is 11.6 Å². The number of carbonyl (C=O) groups is 1. The van der Waals surface area contributed by atoms with Gasteiger partial charge < -0.3 is 14.4 Å². The Balaban J connectivity index is 1.91. The zero-order valence-corrected chi connectivity index (χ0v) is 11.6. The molecule has 0 aliphatic rings. The summed E-state index contributed by atoms with van der Waals surface area (Å²) < 4.78 is 7.06. The summed E-state index contributed by atoms with van der Waals surface area (Å²) in [7, 11) is 1.87. The highest BCUT2D eigenvalue weighted by Gasteiger charge is 2.12. The molecule has 3 aromatic rings. The molecule has 106 valence electrons. The number of nitrogens with zero attached hydrogens (tertiary/aromatic N) is 4. The highest BCUT2D eigenvalue weighted by Crippen LogP contribution is 2.23. The fourth-order valence-electron chi connectivity index (χ4n) is 1.91. The van der Waals surface area contributed by atoms with Crippen LogP contribution in [0.2, 0.25) is 0 Å². The first kappa shape index (κ1) is 13.0. The van der Waals surface area contributed by atoms with Crippen molar-refractivity contribution in [2.45, 2.75) is 6.92 Å². The molecule has 1 N–H and O–H groups in total. The quantitative estimate of drug-likeness (QED) is 0.795. The number of imidazole rings is 1. The average molecular weight is 283 g/mol. The number of aryl methyl sites for hydroxylation is 1. The lowest BCUT2D eigenvalue weighted by Crippen LogP contribution is -2.05. The largest absolute Gasteiger partial charge is 0.340 e. The molecule has 0 saturated heterocycles. The van der Waals surface area contributed by atoms with E-state index in [-0.39, 0.29) is 5.91 Å². The van der Waals surface area contributed by atoms with Gasteiger partial charge in [-0.05, 0) is 18.2 Å². The molecule has 0 radical (unpaired) electrons. The zero-order valence-electron chi connectivity index (χ0n) is 11.6. The zero-order chi connectivity index (χ0) is 14.8. The van der Waals surface area contributed by atoms with Gasteiger partial charge in [0, 0.05) is 31.4 Å². The normalized spacial score (nSPS) is 10.6. The Kier molecular flexibility index (Phi) is 3.23. The van der Waals surface area contributed by atoms with Gasteiger partial charge >= 0.3 is 0 Å². The lowest BCUT2D eigenvalue weighted by atomic mass is 10.2. The summed E-state index contributed by atoms with van der Waals surface area (Å²) in [5, 5.41) is 6.63. The van der Waals surface area contributed by atoms with Gasteiger partial charge in [-0.2, -0.15) is 4.98 Å². The molecule has 2 aromatic heterocycles. The molecule has 0 bridgehead atoms. The molecule has 0 aliphatic heterocycles. The summed E-state index contributed by atoms with van der Waals surface area (Å²) in [6.07, 6.45) is 3.48. The molecule has 0 saturated carbocycles. The molecule has 1 aromatic carbocycles. The maximum atomic E-state index is 11.1. The number of hydrogen-bond acceptors (Lipinski definition) is 5. The van der Waals surface area contributed by atoms with Crippen molar-refractivity contribution in [2.24, 2.45) is 7.05 Å². The number of aromatic nitrogens is 4. The molecule has 0 spiro atoms. The number of hydrogen-bond donors (Lipinski definition) is 1. The van der Waals surface area contributed by atoms with Gasteiger partial charge in [0.1, 0.15) is 5.69 Å². The molecule has 7 nitrogen and oxygen atoms in total. The van der Waals surface area contributed by atoms with E-state index in [9.17, 15) is 4.79 Å². The smallest absolute Gasteiger partial charge is 0.258 e. The second-order valence-corrected chi connectivity index (χ2v) is 4.61. The fraction of sp³-hybridized carbons (Fsp3) is 0.143. The second-order valence-electron chi connectivity index (χ2n) is 4.61. The van der Waals surface area contributed by atoms with Crippen LogP contribution in [0.15, 0.2) is 41.3 Å². The van der Waals surface area contributed by atoms with Crippen LogP contribution in [0.1, 0.15) is 6.92 Å². The van der Waals surface area contributed by atoms with Crippen LogP contribution in [-0.2, 0) is 11.8 Å². The molecule has 0 fully saturated rings. The minimum atomic E-state index is -0.133. The van der Waals surface area contributed by atoms with Crippen LogP contribution in [0.3, 0.4) is 0 Å². The van der Waals surface area contributed by atoms with Crippen LogP contribution in [0.5, 0.6) is 0 Å². The Morgan fingerprint density at radius 3 is 2.95 bits per heavy atom. The van der Waals surface area contributed by atoms with Crippen molar-refractivity contribution in [3.63, 3.8) is 0 Å². The topological polar surface area (TPSA) is 85.8 Å². The van der Waals surface area contributed by atoms with E-state index in [4.69, 9.17) is 4.52 Å². The number of nitrogens with one attached hydrogen (secondary N) is 1. The monoisotopic (exact) mass is 283 g/mol. The molecular formula is C14H13N5O2. The molecule has 3 rings (SSSR count). The molecule has 7 heteroatoms. The lowest BCUT2D eigenvalue weighted by molar-refractivity contribution is -0.114. The number of anilines is 1. The van der Waals surface area contributed by atoms with Crippen molar-refractivity contribution < 1.29 is 9.32 Å². The van der Waals surface area contributed by atoms with Gasteiger partial charge in [-0.15, -0.1) is 0 Å². The van der Waals surface area contributed by atoms with E-state index < -0.39 is 0 Å². The molecular weight excluding hydrogens is 270 g/mol. The Morgan fingerprint density at radius 2 is 2.24 bits per heavy atom. The summed E-state index contributed by atoms with van der Waals surface area (Å²) >= 11 is 0. The first-order valence-corrected chi connectivity index (χ1v) is 6.32. The Bertz CT molecular complexity index is 790. The molecule has 21 heavy (non-hydrogen) atoms. The summed E-state index contributed by atoms with van der Waals surface area (Å²) in [6.45, 7) is 1.46. The SMILES string of the molecule is CC(=O)Nc1cccc(-c2nc(-c3cn(C)cn3)no2)c1. The van der Waals surface area contributed by atoms with Crippen molar-refractivity contribution in [1.29, 1.82) is 0 Å². The van der Waals surface area contributed by atoms with Crippen molar-refractivity contribution in [3.05, 3.63) is 36.8 Å². The Morgan fingerprint density at radius 1 is 1.38 bits per heavy atom. The molecule has 0 aliphatic carbocycles. The number of amides is 1. The second kappa shape index (κ2) is 5.20. The molecule has 1 amide bonds. The third-order valence-electron chi connectivity index (χ3n) is 2.79. The fourth-order valence-corrected chi connectivity index (χ4v) is 1.91. The summed E-state index contributed by atoms with van der Waals surface area (Å²) in [5.41, 5.74) is 2.05. The van der Waals surface area contributed by atoms with Gasteiger partial charge in [0.25, 0.3) is 5.89 Å². The highest BCUT2D eigenvalue weighted by molar-refractivity contribution is 5.89. The van der Waals surface area contributed by atoms with Crippen LogP contribution in [0.4, 0.5) is 5.69 Å². The number of carbonyl (C=O) groups excluding carboxylic acids is 1. The van der Waals surface area contributed by atoms with Gasteiger partial charge in [0.05, 0.1) is 6.33 Å². The van der Waals surface area contributed by atoms with Gasteiger partial charge in [0.15, 0.2) is 0 Å². The Labute approximate surface area is 120 Å². The molecule has 0 unspecified atom stereocenters. The third-order valence-corrected chi connectivity index (χ3v) is 2.79. The number of rotatable bonds is 3. The standard InChI is InChI=1S/C14H13N5O2/c1-9(20)16-11-5-3-4-10(6-11)14-17-13(18-21-14)12-7-19(2)8-15-12/h3-8H,1-2H3,(H,16,20). The van der Waals surface area contributed by atoms with E-state index in [1.54, 1.807) is 18.5 Å². The van der Waals surface area contributed by atoms with Crippen molar-refractivity contribution in [2.75, 3.05) is 5.32 Å². The number of benzene rings is 1. The van der Waals surface area contributed by atoms with Crippen LogP contribution >= 0.6 is 0 Å². The van der Waals surface area contributed by atoms with Crippen LogP contribution in [0, 0.1) is 0 Å². The van der Waals surface area contributed by atoms with E-state index in [1.807, 2.05) is 29.9 Å². The van der Waals surface area contributed by atoms with E-state index in [1.165, 1.54) is 6.92 Å². The van der Waals surface area contributed by atoms with E-state index in [0.29, 0.717) is 23.1 Å². The average Bonchev–Trinajstić information content (AvgIpc) is 3.06. The van der Waals surface area contributed by atoms with Crippen LogP contribution in [0.25, 0.3) is 23.0 Å². The molecule has 2 heterocycles. The highest BCUT2D eigenvalue weighted by atomic mass is 16.5. The van der Waals surface area contributed by atoms with Gasteiger partial charge in [0.2, 0.25) is 11.7 Å². The maximum absolute atomic E-state index is 11.1. The lowest BCUT2D eigenvalue weighted by Gasteiger charge is -2.02. The van der Waals surface area contributed by atoms with E-state index in [0.717, 1.165) is 5.56 Å². The van der Waals surface area contributed by atoms with E-state index >= 15 is 0 Å². The predicted octanol–water partition coefficient (Wildman–Crippen LogP) is 2.10. The summed E-state index contributed by atoms with van der Waals surface area (Å²) in [5.74, 6) is 0.672. The van der Waals surface area contributed by atoms with E-state index in [2.05, 4.69) is 20.4 Å². The first-order valence-electron chi connectivity index (χ1n) is 6.32. The van der Waals surface area contributed by atoms with Gasteiger partial charge in [-0.3, -0.25) is 4.79 Å². The van der Waals surface area contributed by atoms with Gasteiger partial charge in [-0.1, -0.05) is 11.2 Å². The van der Waals surface area contributed by atoms with Crippen LogP contribution in [-0.4, -0.2) is 25.6 Å². The maximum Gasteiger partial charge on any atom is 0.258 e.